The quantitative estimate of drug-likeness (QED) is 0.776. The van der Waals surface area contributed by atoms with Crippen LogP contribution >= 0.6 is 0 Å². The van der Waals surface area contributed by atoms with Gasteiger partial charge in [-0.1, -0.05) is 25.7 Å². The molecule has 1 saturated carbocycles. The molecule has 2 unspecified atom stereocenters. The first-order chi connectivity index (χ1) is 8.24. The Labute approximate surface area is 106 Å². The third kappa shape index (κ3) is 2.35. The van der Waals surface area contributed by atoms with Crippen LogP contribution in [0.1, 0.15) is 57.8 Å². The Kier molecular flexibility index (Phi) is 3.38. The molecule has 17 heavy (non-hydrogen) atoms. The van der Waals surface area contributed by atoms with E-state index < -0.39 is 10.8 Å². The number of carbonyl (C=O) groups is 1. The molecule has 0 radical (unpaired) electrons. The monoisotopic (exact) mass is 254 g/mol. The molecule has 2 saturated heterocycles. The molecule has 2 atom stereocenters. The smallest absolute Gasteiger partial charge is 0.136 e. The maximum atomic E-state index is 12.2. The molecule has 96 valence electrons. The number of hydrogen-bond donors (Lipinski definition) is 0. The minimum absolute atomic E-state index is 0.253. The Hall–Kier alpha value is -0.180. The SMILES string of the molecule is O=C(CC1CCC1)C1CC2CCCC(C1)S2=O. The van der Waals surface area contributed by atoms with E-state index in [9.17, 15) is 9.00 Å². The Bertz CT molecular complexity index is 319. The molecule has 0 aromatic carbocycles. The maximum absolute atomic E-state index is 12.2. The van der Waals surface area contributed by atoms with Gasteiger partial charge in [0, 0.05) is 33.6 Å². The van der Waals surface area contributed by atoms with E-state index in [1.807, 2.05) is 0 Å². The van der Waals surface area contributed by atoms with Crippen molar-refractivity contribution in [1.29, 1.82) is 0 Å². The van der Waals surface area contributed by atoms with Crippen LogP contribution in [-0.2, 0) is 15.6 Å². The van der Waals surface area contributed by atoms with Crippen LogP contribution < -0.4 is 0 Å². The van der Waals surface area contributed by atoms with Crippen molar-refractivity contribution in [3.8, 4) is 0 Å². The fraction of sp³-hybridized carbons (Fsp3) is 0.929. The van der Waals surface area contributed by atoms with Crippen LogP contribution in [0.3, 0.4) is 0 Å². The summed E-state index contributed by atoms with van der Waals surface area (Å²) in [6.07, 6.45) is 9.92. The van der Waals surface area contributed by atoms with Crippen molar-refractivity contribution >= 4 is 16.6 Å². The normalized spacial score (nSPS) is 41.9. The van der Waals surface area contributed by atoms with Crippen molar-refractivity contribution in [3.05, 3.63) is 0 Å². The van der Waals surface area contributed by atoms with Crippen LogP contribution in [0.25, 0.3) is 0 Å². The first-order valence-electron chi connectivity index (χ1n) is 7.16. The molecule has 2 bridgehead atoms. The molecule has 2 heterocycles. The van der Waals surface area contributed by atoms with Crippen molar-refractivity contribution < 1.29 is 9.00 Å². The summed E-state index contributed by atoms with van der Waals surface area (Å²) in [7, 11) is -0.626. The van der Waals surface area contributed by atoms with Gasteiger partial charge in [0.15, 0.2) is 0 Å². The standard InChI is InChI=1S/C14H22O2S/c15-14(7-10-3-1-4-10)11-8-12-5-2-6-13(9-11)17(12)16/h10-13H,1-9H2. The largest absolute Gasteiger partial charge is 0.299 e. The zero-order valence-electron chi connectivity index (χ0n) is 10.4. The number of Topliss-reactive ketones (excluding diaryl/α,β-unsaturated/α-hetero) is 1. The summed E-state index contributed by atoms with van der Waals surface area (Å²) in [6, 6.07) is 0. The average Bonchev–Trinajstić information content (AvgIpc) is 2.22. The lowest BCUT2D eigenvalue weighted by molar-refractivity contribution is -0.125. The number of carbonyl (C=O) groups excluding carboxylic acids is 1. The Morgan fingerprint density at radius 3 is 2.12 bits per heavy atom. The lowest BCUT2D eigenvalue weighted by atomic mass is 9.77. The van der Waals surface area contributed by atoms with Gasteiger partial charge in [-0.15, -0.1) is 0 Å². The molecule has 2 aliphatic heterocycles. The van der Waals surface area contributed by atoms with Crippen molar-refractivity contribution in [2.75, 3.05) is 0 Å². The van der Waals surface area contributed by atoms with E-state index in [2.05, 4.69) is 0 Å². The average molecular weight is 254 g/mol. The highest BCUT2D eigenvalue weighted by molar-refractivity contribution is 7.86. The lowest BCUT2D eigenvalue weighted by Gasteiger charge is -2.38. The summed E-state index contributed by atoms with van der Waals surface area (Å²) in [5, 5.41) is 0.690. The second kappa shape index (κ2) is 4.83. The van der Waals surface area contributed by atoms with Gasteiger partial charge < -0.3 is 0 Å². The molecule has 0 amide bonds. The van der Waals surface area contributed by atoms with Crippen molar-refractivity contribution in [3.63, 3.8) is 0 Å². The van der Waals surface area contributed by atoms with Crippen LogP contribution in [0, 0.1) is 11.8 Å². The zero-order chi connectivity index (χ0) is 11.8. The Morgan fingerprint density at radius 2 is 1.59 bits per heavy atom. The van der Waals surface area contributed by atoms with Gasteiger partial charge in [-0.2, -0.15) is 0 Å². The molecule has 0 spiro atoms. The molecule has 3 fully saturated rings. The minimum atomic E-state index is -0.626. The van der Waals surface area contributed by atoms with Gasteiger partial charge in [-0.05, 0) is 31.6 Å². The van der Waals surface area contributed by atoms with Crippen LogP contribution in [0.15, 0.2) is 0 Å². The van der Waals surface area contributed by atoms with Crippen molar-refractivity contribution in [2.45, 2.75) is 68.3 Å². The van der Waals surface area contributed by atoms with Gasteiger partial charge in [0.1, 0.15) is 5.78 Å². The summed E-state index contributed by atoms with van der Waals surface area (Å²) >= 11 is 0. The first kappa shape index (κ1) is 11.9. The van der Waals surface area contributed by atoms with Gasteiger partial charge >= 0.3 is 0 Å². The minimum Gasteiger partial charge on any atom is -0.299 e. The van der Waals surface area contributed by atoms with Crippen LogP contribution in [0.2, 0.25) is 0 Å². The highest BCUT2D eigenvalue weighted by atomic mass is 32.2. The molecule has 2 nitrogen and oxygen atoms in total. The molecule has 3 heteroatoms. The summed E-state index contributed by atoms with van der Waals surface area (Å²) < 4.78 is 12.1. The summed E-state index contributed by atoms with van der Waals surface area (Å²) in [5.41, 5.74) is 0. The van der Waals surface area contributed by atoms with Crippen LogP contribution in [0.4, 0.5) is 0 Å². The van der Waals surface area contributed by atoms with E-state index >= 15 is 0 Å². The molecule has 1 aliphatic carbocycles. The molecular formula is C14H22O2S. The second-order valence-electron chi connectivity index (χ2n) is 6.14. The van der Waals surface area contributed by atoms with Crippen LogP contribution in [0.5, 0.6) is 0 Å². The number of hydrogen-bond acceptors (Lipinski definition) is 2. The highest BCUT2D eigenvalue weighted by Gasteiger charge is 2.40. The predicted molar refractivity (Wildman–Crippen MR) is 69.3 cm³/mol. The van der Waals surface area contributed by atoms with E-state index in [1.54, 1.807) is 0 Å². The maximum Gasteiger partial charge on any atom is 0.136 e. The van der Waals surface area contributed by atoms with Crippen molar-refractivity contribution in [1.82, 2.24) is 0 Å². The van der Waals surface area contributed by atoms with Gasteiger partial charge in [-0.3, -0.25) is 9.00 Å². The molecule has 3 rings (SSSR count). The highest BCUT2D eigenvalue weighted by Crippen LogP contribution is 2.39. The van der Waals surface area contributed by atoms with Gasteiger partial charge in [0.2, 0.25) is 0 Å². The van der Waals surface area contributed by atoms with Gasteiger partial charge in [0.05, 0.1) is 0 Å². The Balaban J connectivity index is 1.60. The number of ketones is 1. The molecule has 0 N–H and O–H groups in total. The first-order valence-corrected chi connectivity index (χ1v) is 8.43. The predicted octanol–water partition coefficient (Wildman–Crippen LogP) is 2.83. The van der Waals surface area contributed by atoms with Crippen molar-refractivity contribution in [2.24, 2.45) is 11.8 Å². The number of fused-ring (bicyclic) bond motifs is 2. The fourth-order valence-corrected chi connectivity index (χ4v) is 5.83. The van der Waals surface area contributed by atoms with E-state index in [1.165, 1.54) is 25.7 Å². The fourth-order valence-electron chi connectivity index (χ4n) is 3.64. The van der Waals surface area contributed by atoms with E-state index in [0.717, 1.165) is 32.1 Å². The topological polar surface area (TPSA) is 34.1 Å². The molecular weight excluding hydrogens is 232 g/mol. The van der Waals surface area contributed by atoms with Gasteiger partial charge in [-0.25, -0.2) is 0 Å². The molecule has 0 aromatic rings. The Morgan fingerprint density at radius 1 is 1.00 bits per heavy atom. The second-order valence-corrected chi connectivity index (χ2v) is 8.13. The summed E-state index contributed by atoms with van der Waals surface area (Å²) in [5.74, 6) is 1.43. The van der Waals surface area contributed by atoms with Crippen LogP contribution in [-0.4, -0.2) is 20.5 Å². The van der Waals surface area contributed by atoms with Gasteiger partial charge in [0.25, 0.3) is 0 Å². The van der Waals surface area contributed by atoms with E-state index in [-0.39, 0.29) is 5.92 Å². The summed E-state index contributed by atoms with van der Waals surface area (Å²) in [6.45, 7) is 0. The van der Waals surface area contributed by atoms with E-state index in [4.69, 9.17) is 0 Å². The third-order valence-corrected chi connectivity index (χ3v) is 7.14. The molecule has 3 aliphatic rings. The molecule has 0 aromatic heterocycles. The lowest BCUT2D eigenvalue weighted by Crippen LogP contribution is -2.42. The summed E-state index contributed by atoms with van der Waals surface area (Å²) in [4.78, 5) is 12.2. The zero-order valence-corrected chi connectivity index (χ0v) is 11.2. The van der Waals surface area contributed by atoms with E-state index in [0.29, 0.717) is 22.2 Å². The third-order valence-electron chi connectivity index (χ3n) is 4.97. The number of rotatable bonds is 3.